The summed E-state index contributed by atoms with van der Waals surface area (Å²) < 4.78 is 0. The second kappa shape index (κ2) is 8.73. The number of rotatable bonds is 2. The zero-order valence-electron chi connectivity index (χ0n) is 11.2. The van der Waals surface area contributed by atoms with E-state index in [1.165, 1.54) is 12.0 Å². The number of hydrogen-bond acceptors (Lipinski definition) is 0. The molecular formula is C14H21Cl2HfSi-. The molecule has 0 bridgehead atoms. The van der Waals surface area contributed by atoms with E-state index in [1.54, 1.807) is 5.20 Å². The molecule has 0 spiro atoms. The van der Waals surface area contributed by atoms with E-state index in [4.69, 9.17) is 0 Å². The first-order chi connectivity index (χ1) is 7.07. The maximum atomic E-state index is 3.62. The fourth-order valence-electron chi connectivity index (χ4n) is 2.17. The summed E-state index contributed by atoms with van der Waals surface area (Å²) in [5.41, 5.74) is 1.48. The third kappa shape index (κ3) is 5.32. The minimum atomic E-state index is -1.09. The van der Waals surface area contributed by atoms with E-state index < -0.39 is 8.07 Å². The van der Waals surface area contributed by atoms with Crippen molar-refractivity contribution < 1.29 is 25.8 Å². The third-order valence-corrected chi connectivity index (χ3v) is 5.38. The molecule has 2 rings (SSSR count). The van der Waals surface area contributed by atoms with Gasteiger partial charge in [-0.1, -0.05) is 56.4 Å². The van der Waals surface area contributed by atoms with Gasteiger partial charge in [-0.25, -0.2) is 0 Å². The fourth-order valence-corrected chi connectivity index (χ4v) is 3.66. The normalized spacial score (nSPS) is 17.9. The Morgan fingerprint density at radius 2 is 1.61 bits per heavy atom. The van der Waals surface area contributed by atoms with Crippen LogP contribution in [0.4, 0.5) is 0 Å². The van der Waals surface area contributed by atoms with Gasteiger partial charge in [0.1, 0.15) is 0 Å². The van der Waals surface area contributed by atoms with Crippen LogP contribution in [0, 0.1) is 6.08 Å². The van der Waals surface area contributed by atoms with Crippen molar-refractivity contribution in [3.63, 3.8) is 0 Å². The summed E-state index contributed by atoms with van der Waals surface area (Å²) in [4.78, 5) is 0. The first-order valence-corrected chi connectivity index (χ1v) is 9.22. The monoisotopic (exact) mass is 467 g/mol. The molecule has 0 nitrogen and oxygen atoms in total. The van der Waals surface area contributed by atoms with E-state index in [-0.39, 0.29) is 50.7 Å². The summed E-state index contributed by atoms with van der Waals surface area (Å²) in [6.45, 7) is 7.26. The van der Waals surface area contributed by atoms with Crippen molar-refractivity contribution in [3.8, 4) is 0 Å². The molecule has 1 unspecified atom stereocenters. The Bertz CT molecular complexity index is 371. The molecule has 1 aromatic carbocycles. The first-order valence-electron chi connectivity index (χ1n) is 5.72. The molecule has 0 saturated heterocycles. The van der Waals surface area contributed by atoms with Crippen LogP contribution < -0.4 is 0 Å². The Morgan fingerprint density at radius 1 is 1.06 bits per heavy atom. The van der Waals surface area contributed by atoms with E-state index in [1.807, 2.05) is 0 Å². The predicted molar refractivity (Wildman–Crippen MR) is 83.0 cm³/mol. The Hall–Kier alpha value is 0.627. The molecule has 18 heavy (non-hydrogen) atoms. The molecular weight excluding hydrogens is 446 g/mol. The average molecular weight is 467 g/mol. The van der Waals surface area contributed by atoms with Gasteiger partial charge in [0.05, 0.1) is 0 Å². The molecule has 1 aliphatic carbocycles. The molecule has 0 aliphatic heterocycles. The number of hydrogen-bond donors (Lipinski definition) is 0. The van der Waals surface area contributed by atoms with Crippen LogP contribution in [0.25, 0.3) is 0 Å². The summed E-state index contributed by atoms with van der Waals surface area (Å²) in [5, 5.41) is 1.64. The minimum Gasteiger partial charge on any atom is -0.501 e. The van der Waals surface area contributed by atoms with Gasteiger partial charge in [-0.2, -0.15) is 6.42 Å². The van der Waals surface area contributed by atoms with Gasteiger partial charge in [0, 0.05) is 33.9 Å². The standard InChI is InChI=1S/C14H19Si.2ClH.Hf/c1-15(2,3)14-10-9-13(11-14)12-7-5-4-6-8-12;;;/h4-8,13H,9,11H2,1-3H3;2*1H;/q-1;;;. The quantitative estimate of drug-likeness (QED) is 0.424. The van der Waals surface area contributed by atoms with Crippen molar-refractivity contribution in [2.24, 2.45) is 0 Å². The van der Waals surface area contributed by atoms with E-state index in [9.17, 15) is 0 Å². The number of allylic oxidation sites excluding steroid dienone is 2. The van der Waals surface area contributed by atoms with Crippen LogP contribution >= 0.6 is 24.8 Å². The maximum Gasteiger partial charge on any atom is 0.0367 e. The van der Waals surface area contributed by atoms with Gasteiger partial charge in [-0.3, -0.25) is 5.20 Å². The van der Waals surface area contributed by atoms with Crippen LogP contribution in [0.1, 0.15) is 24.3 Å². The van der Waals surface area contributed by atoms with Gasteiger partial charge in [0.2, 0.25) is 0 Å². The van der Waals surface area contributed by atoms with Crippen molar-refractivity contribution in [1.82, 2.24) is 0 Å². The van der Waals surface area contributed by atoms with Crippen LogP contribution in [-0.4, -0.2) is 8.07 Å². The summed E-state index contributed by atoms with van der Waals surface area (Å²) in [6, 6.07) is 10.9. The Kier molecular flexibility index (Phi) is 10.2. The molecule has 1 aliphatic rings. The molecule has 0 amide bonds. The van der Waals surface area contributed by atoms with Crippen LogP contribution in [0.15, 0.2) is 35.5 Å². The van der Waals surface area contributed by atoms with Gasteiger partial charge in [0.15, 0.2) is 0 Å². The molecule has 0 saturated carbocycles. The second-order valence-corrected chi connectivity index (χ2v) is 10.5. The Balaban J connectivity index is 0. The summed E-state index contributed by atoms with van der Waals surface area (Å²) >= 11 is 0. The van der Waals surface area contributed by atoms with Gasteiger partial charge < -0.3 is 6.08 Å². The zero-order chi connectivity index (χ0) is 10.9. The zero-order valence-corrected chi connectivity index (χ0v) is 17.4. The molecule has 1 atom stereocenters. The topological polar surface area (TPSA) is 0 Å². The fraction of sp³-hybridized carbons (Fsp3) is 0.429. The smallest absolute Gasteiger partial charge is 0.0367 e. The van der Waals surface area contributed by atoms with Crippen molar-refractivity contribution in [2.45, 2.75) is 38.4 Å². The van der Waals surface area contributed by atoms with Crippen molar-refractivity contribution >= 4 is 32.9 Å². The summed E-state index contributed by atoms with van der Waals surface area (Å²) in [5.74, 6) is 0.702. The molecule has 4 heteroatoms. The molecule has 1 aromatic rings. The SMILES string of the molecule is C[Si](C)(C)C1=[C-]CC(c2ccccc2)C1.Cl.Cl.[Hf]. The van der Waals surface area contributed by atoms with E-state index in [0.717, 1.165) is 6.42 Å². The third-order valence-electron chi connectivity index (χ3n) is 3.19. The molecule has 0 heterocycles. The van der Waals surface area contributed by atoms with Crippen LogP contribution in [-0.2, 0) is 25.8 Å². The van der Waals surface area contributed by atoms with Crippen LogP contribution in [0.3, 0.4) is 0 Å². The van der Waals surface area contributed by atoms with Crippen molar-refractivity contribution in [1.29, 1.82) is 0 Å². The molecule has 0 radical (unpaired) electrons. The Labute approximate surface area is 143 Å². The Morgan fingerprint density at radius 3 is 2.06 bits per heavy atom. The largest absolute Gasteiger partial charge is 0.501 e. The maximum absolute atomic E-state index is 3.62. The van der Waals surface area contributed by atoms with Gasteiger partial charge in [-0.15, -0.1) is 24.8 Å². The second-order valence-electron chi connectivity index (χ2n) is 5.42. The van der Waals surface area contributed by atoms with E-state index in [2.05, 4.69) is 56.0 Å². The average Bonchev–Trinajstić information content (AvgIpc) is 2.67. The van der Waals surface area contributed by atoms with E-state index in [0.29, 0.717) is 5.92 Å². The van der Waals surface area contributed by atoms with Gasteiger partial charge >= 0.3 is 0 Å². The molecule has 0 aromatic heterocycles. The minimum absolute atomic E-state index is 0. The molecule has 0 N–H and O–H groups in total. The van der Waals surface area contributed by atoms with Gasteiger partial charge in [0.25, 0.3) is 0 Å². The molecule has 0 fully saturated rings. The van der Waals surface area contributed by atoms with Gasteiger partial charge in [-0.05, 0) is 11.5 Å². The summed E-state index contributed by atoms with van der Waals surface area (Å²) in [6.07, 6.45) is 6.00. The first kappa shape index (κ1) is 20.9. The van der Waals surface area contributed by atoms with Crippen LogP contribution in [0.2, 0.25) is 19.6 Å². The molecule has 100 valence electrons. The van der Waals surface area contributed by atoms with Crippen molar-refractivity contribution in [2.75, 3.05) is 0 Å². The van der Waals surface area contributed by atoms with E-state index >= 15 is 0 Å². The van der Waals surface area contributed by atoms with Crippen molar-refractivity contribution in [3.05, 3.63) is 47.2 Å². The predicted octanol–water partition coefficient (Wildman–Crippen LogP) is 5.01. The number of halogens is 2. The van der Waals surface area contributed by atoms with Crippen LogP contribution in [0.5, 0.6) is 0 Å². The summed E-state index contributed by atoms with van der Waals surface area (Å²) in [7, 11) is -1.09. The number of benzene rings is 1.